The lowest BCUT2D eigenvalue weighted by Crippen LogP contribution is -2.77. The van der Waals surface area contributed by atoms with E-state index >= 15 is 0 Å². The largest absolute Gasteiger partial charge is 0.481 e. The predicted octanol–water partition coefficient (Wildman–Crippen LogP) is -0.300. The monoisotopic (exact) mass is 500 g/mol. The van der Waals surface area contributed by atoms with Gasteiger partial charge in [0.2, 0.25) is 0 Å². The Morgan fingerprint density at radius 3 is 1.36 bits per heavy atom. The first-order valence-corrected chi connectivity index (χ1v) is 10.7. The molecular formula is C17H24O15S. The minimum absolute atomic E-state index is 0.173. The summed E-state index contributed by atoms with van der Waals surface area (Å²) in [6.45, 7) is 2.18. The lowest BCUT2D eigenvalue weighted by atomic mass is 9.49. The number of aliphatic carboxylic acids is 6. The van der Waals surface area contributed by atoms with Gasteiger partial charge >= 0.3 is 40.6 Å². The highest BCUT2D eigenvalue weighted by Gasteiger charge is 2.86. The van der Waals surface area contributed by atoms with Gasteiger partial charge in [0.25, 0.3) is 10.1 Å². The average molecular weight is 500 g/mol. The number of carboxylic acid groups (broad SMARTS) is 6. The van der Waals surface area contributed by atoms with Gasteiger partial charge < -0.3 is 30.6 Å². The number of unbranched alkanes of at least 4 members (excludes halogenated alkanes) is 2. The van der Waals surface area contributed by atoms with Crippen LogP contribution in [0, 0.1) is 16.7 Å². The van der Waals surface area contributed by atoms with Crippen LogP contribution in [0.5, 0.6) is 0 Å². The van der Waals surface area contributed by atoms with Crippen LogP contribution < -0.4 is 0 Å². The molecule has 0 aromatic carbocycles. The molecule has 0 saturated carbocycles. The third-order valence-electron chi connectivity index (χ3n) is 5.75. The molecule has 33 heavy (non-hydrogen) atoms. The van der Waals surface area contributed by atoms with Gasteiger partial charge in [0.05, 0.1) is 5.92 Å². The molecule has 7 N–H and O–H groups in total. The van der Waals surface area contributed by atoms with E-state index in [1.54, 1.807) is 6.92 Å². The van der Waals surface area contributed by atoms with E-state index in [0.717, 1.165) is 0 Å². The first-order valence-electron chi connectivity index (χ1n) is 9.29. The fraction of sp³-hybridized carbons (Fsp3) is 0.647. The highest BCUT2D eigenvalue weighted by atomic mass is 32.2. The molecule has 0 aromatic heterocycles. The summed E-state index contributed by atoms with van der Waals surface area (Å²) in [5, 5.41) is 58.6. The SMILES string of the molecule is CCCCCC(C(=O)O)C(C(=O)O)(C(=O)O)C(CC)(C(=O)O)C(C(=O)O)(C(=O)O)S(=O)(=O)O. The topological polar surface area (TPSA) is 278 Å². The van der Waals surface area contributed by atoms with Gasteiger partial charge in [-0.05, 0) is 12.8 Å². The molecule has 0 aromatic rings. The normalized spacial score (nSPS) is 15.1. The zero-order valence-electron chi connectivity index (χ0n) is 17.4. The van der Waals surface area contributed by atoms with Crippen molar-refractivity contribution in [2.24, 2.45) is 16.7 Å². The number of rotatable bonds is 15. The highest BCUT2D eigenvalue weighted by Crippen LogP contribution is 2.59. The molecule has 0 spiro atoms. The van der Waals surface area contributed by atoms with Gasteiger partial charge in [-0.2, -0.15) is 8.42 Å². The Bertz CT molecular complexity index is 921. The minimum Gasteiger partial charge on any atom is -0.481 e. The molecule has 0 aliphatic carbocycles. The van der Waals surface area contributed by atoms with Crippen LogP contribution >= 0.6 is 0 Å². The predicted molar refractivity (Wildman–Crippen MR) is 103 cm³/mol. The molecular weight excluding hydrogens is 476 g/mol. The number of hydrogen-bond donors (Lipinski definition) is 7. The molecule has 0 aliphatic heterocycles. The maximum Gasteiger partial charge on any atom is 0.340 e. The molecule has 0 radical (unpaired) electrons. The van der Waals surface area contributed by atoms with Crippen LogP contribution in [0.15, 0.2) is 0 Å². The average Bonchev–Trinajstić information content (AvgIpc) is 2.63. The van der Waals surface area contributed by atoms with Gasteiger partial charge in [-0.3, -0.25) is 23.7 Å². The summed E-state index contributed by atoms with van der Waals surface area (Å²) >= 11 is 0. The Hall–Kier alpha value is -3.27. The van der Waals surface area contributed by atoms with Crippen LogP contribution in [-0.2, 0) is 38.9 Å². The Kier molecular flexibility index (Phi) is 9.11. The number of carboxylic acids is 6. The van der Waals surface area contributed by atoms with E-state index < -0.39 is 80.3 Å². The molecule has 0 bridgehead atoms. The van der Waals surface area contributed by atoms with E-state index in [-0.39, 0.29) is 12.8 Å². The van der Waals surface area contributed by atoms with Crippen molar-refractivity contribution < 1.29 is 72.4 Å². The van der Waals surface area contributed by atoms with Gasteiger partial charge in [-0.25, -0.2) is 9.59 Å². The zero-order chi connectivity index (χ0) is 26.6. The van der Waals surface area contributed by atoms with Crippen molar-refractivity contribution in [1.82, 2.24) is 0 Å². The Balaban J connectivity index is 8.38. The highest BCUT2D eigenvalue weighted by molar-refractivity contribution is 7.89. The zero-order valence-corrected chi connectivity index (χ0v) is 18.2. The fourth-order valence-electron chi connectivity index (χ4n) is 4.35. The first kappa shape index (κ1) is 29.7. The molecule has 2 unspecified atom stereocenters. The quantitative estimate of drug-likeness (QED) is 0.0863. The molecule has 2 atom stereocenters. The third-order valence-corrected chi connectivity index (χ3v) is 7.22. The Morgan fingerprint density at radius 1 is 0.727 bits per heavy atom. The van der Waals surface area contributed by atoms with E-state index in [0.29, 0.717) is 13.3 Å². The van der Waals surface area contributed by atoms with Gasteiger partial charge in [0.15, 0.2) is 5.41 Å². The van der Waals surface area contributed by atoms with Crippen molar-refractivity contribution in [2.75, 3.05) is 0 Å². The maximum atomic E-state index is 12.4. The van der Waals surface area contributed by atoms with Crippen LogP contribution in [0.1, 0.15) is 46.0 Å². The molecule has 0 heterocycles. The van der Waals surface area contributed by atoms with Crippen LogP contribution in [0.3, 0.4) is 0 Å². The lowest BCUT2D eigenvalue weighted by Gasteiger charge is -2.49. The Labute approximate surface area is 186 Å². The minimum atomic E-state index is -6.67. The van der Waals surface area contributed by atoms with Crippen LogP contribution in [0.25, 0.3) is 0 Å². The van der Waals surface area contributed by atoms with Crippen molar-refractivity contribution in [3.05, 3.63) is 0 Å². The molecule has 0 saturated heterocycles. The Morgan fingerprint density at radius 2 is 1.15 bits per heavy atom. The second kappa shape index (κ2) is 10.1. The summed E-state index contributed by atoms with van der Waals surface area (Å²) in [4.78, 5) is 73.4. The van der Waals surface area contributed by atoms with Gasteiger partial charge in [0, 0.05) is 0 Å². The molecule has 0 rings (SSSR count). The molecule has 16 heteroatoms. The second-order valence-corrected chi connectivity index (χ2v) is 8.70. The second-order valence-electron chi connectivity index (χ2n) is 7.14. The summed E-state index contributed by atoms with van der Waals surface area (Å²) in [5.41, 5.74) is -8.85. The summed E-state index contributed by atoms with van der Waals surface area (Å²) in [6, 6.07) is 0. The summed E-state index contributed by atoms with van der Waals surface area (Å²) in [5.74, 6) is -19.9. The summed E-state index contributed by atoms with van der Waals surface area (Å²) < 4.78 is 29.0. The summed E-state index contributed by atoms with van der Waals surface area (Å²) in [6.07, 6.45) is -2.23. The van der Waals surface area contributed by atoms with Gasteiger partial charge in [-0.15, -0.1) is 0 Å². The van der Waals surface area contributed by atoms with Crippen LogP contribution in [-0.4, -0.2) is 84.2 Å². The van der Waals surface area contributed by atoms with E-state index in [2.05, 4.69) is 0 Å². The van der Waals surface area contributed by atoms with Crippen molar-refractivity contribution >= 4 is 45.9 Å². The van der Waals surface area contributed by atoms with Crippen LogP contribution in [0.4, 0.5) is 0 Å². The molecule has 0 amide bonds. The molecule has 15 nitrogen and oxygen atoms in total. The smallest absolute Gasteiger partial charge is 0.340 e. The van der Waals surface area contributed by atoms with Crippen molar-refractivity contribution in [3.8, 4) is 0 Å². The van der Waals surface area contributed by atoms with E-state index in [1.165, 1.54) is 0 Å². The summed E-state index contributed by atoms with van der Waals surface area (Å²) in [7, 11) is -6.67. The van der Waals surface area contributed by atoms with E-state index in [9.17, 15) is 72.4 Å². The van der Waals surface area contributed by atoms with E-state index in [4.69, 9.17) is 0 Å². The number of hydrogen-bond acceptors (Lipinski definition) is 8. The molecule has 0 fully saturated rings. The standard InChI is InChI=1S/C17H24O15S/c1-3-5-6-7-8(9(18)19)16(11(22)23,12(24)25)15(4-2,10(20)21)17(13(26)27,14(28)29)33(30,31)32/h8H,3-7H2,1-2H3,(H,18,19)(H,20,21)(H,22,23)(H,24,25)(H,26,27)(H,28,29)(H,30,31,32). The fourth-order valence-corrected chi connectivity index (χ4v) is 5.62. The van der Waals surface area contributed by atoms with Crippen LogP contribution in [0.2, 0.25) is 0 Å². The van der Waals surface area contributed by atoms with Gasteiger partial charge in [0.1, 0.15) is 5.41 Å². The van der Waals surface area contributed by atoms with Crippen molar-refractivity contribution in [1.29, 1.82) is 0 Å². The number of carbonyl (C=O) groups is 6. The molecule has 188 valence electrons. The lowest BCUT2D eigenvalue weighted by molar-refractivity contribution is -0.206. The molecule has 0 aliphatic rings. The van der Waals surface area contributed by atoms with Gasteiger partial charge in [-0.1, -0.05) is 33.1 Å². The van der Waals surface area contributed by atoms with E-state index in [1.807, 2.05) is 0 Å². The van der Waals surface area contributed by atoms with Crippen molar-refractivity contribution in [3.63, 3.8) is 0 Å². The maximum absolute atomic E-state index is 12.4. The third kappa shape index (κ3) is 3.99. The van der Waals surface area contributed by atoms with Crippen molar-refractivity contribution in [2.45, 2.75) is 50.7 Å². The first-order chi connectivity index (χ1) is 14.9.